The van der Waals surface area contributed by atoms with E-state index < -0.39 is 0 Å². The molecule has 0 radical (unpaired) electrons. The Bertz CT molecular complexity index is 630. The fourth-order valence-corrected chi connectivity index (χ4v) is 3.62. The van der Waals surface area contributed by atoms with Crippen molar-refractivity contribution in [3.63, 3.8) is 0 Å². The number of aromatic amines is 1. The number of benzene rings is 1. The van der Waals surface area contributed by atoms with Gasteiger partial charge in [0.05, 0.1) is 0 Å². The van der Waals surface area contributed by atoms with Gasteiger partial charge in [0, 0.05) is 28.0 Å². The molecule has 22 heavy (non-hydrogen) atoms. The van der Waals surface area contributed by atoms with Crippen molar-refractivity contribution in [2.75, 3.05) is 0 Å². The third-order valence-electron chi connectivity index (χ3n) is 4.25. The van der Waals surface area contributed by atoms with Gasteiger partial charge in [0.15, 0.2) is 0 Å². The standard InChI is InChI=1S/C17H20Cl2N2O/c1-2-3-4-5-8-17(13-7-6-12(18)11-14(13)19)15(22-17)16-20-9-10-21-16/h6-7,9-11,15H,2-5,8H2,1H3,(H,20,21). The number of nitrogens with zero attached hydrogens (tertiary/aromatic N) is 1. The first kappa shape index (κ1) is 15.9. The molecule has 2 unspecified atom stereocenters. The molecular formula is C17H20Cl2N2O. The van der Waals surface area contributed by atoms with E-state index in [1.807, 2.05) is 18.3 Å². The Morgan fingerprint density at radius 3 is 2.82 bits per heavy atom. The van der Waals surface area contributed by atoms with Gasteiger partial charge in [-0.25, -0.2) is 4.98 Å². The first-order chi connectivity index (χ1) is 10.7. The number of halogens is 2. The second kappa shape index (κ2) is 6.61. The molecule has 0 spiro atoms. The number of imidazole rings is 1. The lowest BCUT2D eigenvalue weighted by molar-refractivity contribution is 0.276. The smallest absolute Gasteiger partial charge is 0.149 e. The Kier molecular flexibility index (Phi) is 4.76. The Labute approximate surface area is 141 Å². The fraction of sp³-hybridized carbons (Fsp3) is 0.471. The number of H-pyrrole nitrogens is 1. The van der Waals surface area contributed by atoms with Crippen LogP contribution in [0.2, 0.25) is 10.0 Å². The van der Waals surface area contributed by atoms with E-state index in [4.69, 9.17) is 27.9 Å². The van der Waals surface area contributed by atoms with E-state index >= 15 is 0 Å². The second-order valence-electron chi connectivity index (χ2n) is 5.80. The Morgan fingerprint density at radius 2 is 2.14 bits per heavy atom. The highest BCUT2D eigenvalue weighted by Gasteiger charge is 2.60. The maximum atomic E-state index is 6.43. The molecule has 0 bridgehead atoms. The lowest BCUT2D eigenvalue weighted by Gasteiger charge is -2.15. The molecule has 2 aromatic rings. The van der Waals surface area contributed by atoms with Crippen molar-refractivity contribution in [1.29, 1.82) is 0 Å². The van der Waals surface area contributed by atoms with Crippen molar-refractivity contribution >= 4 is 23.2 Å². The fourth-order valence-electron chi connectivity index (χ4n) is 3.05. The van der Waals surface area contributed by atoms with Crippen LogP contribution in [0.1, 0.15) is 56.5 Å². The molecule has 0 saturated carbocycles. The number of aromatic nitrogens is 2. The number of nitrogens with one attached hydrogen (secondary N) is 1. The summed E-state index contributed by atoms with van der Waals surface area (Å²) in [4.78, 5) is 7.49. The average Bonchev–Trinajstić information content (AvgIpc) is 2.96. The summed E-state index contributed by atoms with van der Waals surface area (Å²) in [5.74, 6) is 0.863. The van der Waals surface area contributed by atoms with Crippen LogP contribution in [0.25, 0.3) is 0 Å². The molecule has 2 atom stereocenters. The topological polar surface area (TPSA) is 41.2 Å². The van der Waals surface area contributed by atoms with Gasteiger partial charge >= 0.3 is 0 Å². The maximum absolute atomic E-state index is 6.43. The van der Waals surface area contributed by atoms with Gasteiger partial charge in [-0.3, -0.25) is 0 Å². The zero-order valence-electron chi connectivity index (χ0n) is 12.6. The third kappa shape index (κ3) is 3.03. The first-order valence-corrected chi connectivity index (χ1v) is 8.55. The van der Waals surface area contributed by atoms with Gasteiger partial charge in [0.2, 0.25) is 0 Å². The number of epoxide rings is 1. The summed E-state index contributed by atoms with van der Waals surface area (Å²) in [5, 5.41) is 1.31. The van der Waals surface area contributed by atoms with Gasteiger partial charge < -0.3 is 9.72 Å². The van der Waals surface area contributed by atoms with Gasteiger partial charge in [-0.2, -0.15) is 0 Å². The van der Waals surface area contributed by atoms with Crippen LogP contribution in [-0.4, -0.2) is 9.97 Å². The summed E-state index contributed by atoms with van der Waals surface area (Å²) >= 11 is 12.5. The molecule has 1 fully saturated rings. The van der Waals surface area contributed by atoms with Gasteiger partial charge in [0.25, 0.3) is 0 Å². The minimum absolute atomic E-state index is 0.0530. The Balaban J connectivity index is 1.84. The van der Waals surface area contributed by atoms with Crippen molar-refractivity contribution in [2.45, 2.75) is 50.7 Å². The highest BCUT2D eigenvalue weighted by Crippen LogP contribution is 2.60. The van der Waals surface area contributed by atoms with Crippen molar-refractivity contribution < 1.29 is 4.74 Å². The highest BCUT2D eigenvalue weighted by atomic mass is 35.5. The van der Waals surface area contributed by atoms with E-state index in [1.165, 1.54) is 19.3 Å². The quantitative estimate of drug-likeness (QED) is 0.523. The van der Waals surface area contributed by atoms with Crippen LogP contribution in [0, 0.1) is 0 Å². The van der Waals surface area contributed by atoms with Gasteiger partial charge in [0.1, 0.15) is 17.5 Å². The van der Waals surface area contributed by atoms with E-state index in [0.29, 0.717) is 10.0 Å². The van der Waals surface area contributed by atoms with E-state index in [1.54, 1.807) is 12.3 Å². The van der Waals surface area contributed by atoms with Gasteiger partial charge in [-0.15, -0.1) is 0 Å². The molecule has 2 heterocycles. The van der Waals surface area contributed by atoms with Crippen LogP contribution in [0.3, 0.4) is 0 Å². The van der Waals surface area contributed by atoms with Crippen LogP contribution in [0.5, 0.6) is 0 Å². The van der Waals surface area contributed by atoms with E-state index in [9.17, 15) is 0 Å². The zero-order chi connectivity index (χ0) is 15.6. The van der Waals surface area contributed by atoms with E-state index in [-0.39, 0.29) is 11.7 Å². The number of hydrogen-bond donors (Lipinski definition) is 1. The number of ether oxygens (including phenoxy) is 1. The predicted octanol–water partition coefficient (Wildman–Crippen LogP) is 5.65. The Hall–Kier alpha value is -1.03. The summed E-state index contributed by atoms with van der Waals surface area (Å²) in [6, 6.07) is 5.64. The minimum Gasteiger partial charge on any atom is -0.352 e. The number of rotatable bonds is 7. The normalized spacial score (nSPS) is 23.7. The molecule has 1 aliphatic rings. The molecule has 118 valence electrons. The molecule has 1 saturated heterocycles. The molecular weight excluding hydrogens is 319 g/mol. The average molecular weight is 339 g/mol. The molecule has 1 aromatic heterocycles. The molecule has 1 aromatic carbocycles. The summed E-state index contributed by atoms with van der Waals surface area (Å²) < 4.78 is 6.11. The SMILES string of the molecule is CCCCCCC1(c2ccc(Cl)cc2Cl)OC1c1ncc[nH]1. The summed E-state index contributed by atoms with van der Waals surface area (Å²) in [7, 11) is 0. The molecule has 3 rings (SSSR count). The zero-order valence-corrected chi connectivity index (χ0v) is 14.1. The molecule has 1 aliphatic heterocycles. The van der Waals surface area contributed by atoms with Crippen LogP contribution in [0.15, 0.2) is 30.6 Å². The lowest BCUT2D eigenvalue weighted by Crippen LogP contribution is -2.12. The van der Waals surface area contributed by atoms with Gasteiger partial charge in [-0.1, -0.05) is 61.9 Å². The van der Waals surface area contributed by atoms with E-state index in [2.05, 4.69) is 16.9 Å². The molecule has 1 N–H and O–H groups in total. The van der Waals surface area contributed by atoms with Crippen LogP contribution in [-0.2, 0) is 10.3 Å². The highest BCUT2D eigenvalue weighted by molar-refractivity contribution is 6.35. The van der Waals surface area contributed by atoms with Crippen molar-refractivity contribution in [3.8, 4) is 0 Å². The monoisotopic (exact) mass is 338 g/mol. The number of hydrogen-bond acceptors (Lipinski definition) is 2. The third-order valence-corrected chi connectivity index (χ3v) is 4.80. The molecule has 5 heteroatoms. The van der Waals surface area contributed by atoms with Crippen molar-refractivity contribution in [1.82, 2.24) is 9.97 Å². The first-order valence-electron chi connectivity index (χ1n) is 7.80. The van der Waals surface area contributed by atoms with Gasteiger partial charge in [-0.05, 0) is 18.6 Å². The van der Waals surface area contributed by atoms with Crippen molar-refractivity contribution in [3.05, 3.63) is 52.0 Å². The second-order valence-corrected chi connectivity index (χ2v) is 6.64. The lowest BCUT2D eigenvalue weighted by atomic mass is 9.89. The summed E-state index contributed by atoms with van der Waals surface area (Å²) in [6.45, 7) is 2.21. The predicted molar refractivity (Wildman–Crippen MR) is 89.3 cm³/mol. The molecule has 0 amide bonds. The minimum atomic E-state index is -0.368. The molecule has 0 aliphatic carbocycles. The maximum Gasteiger partial charge on any atom is 0.149 e. The Morgan fingerprint density at radius 1 is 1.27 bits per heavy atom. The largest absolute Gasteiger partial charge is 0.352 e. The van der Waals surface area contributed by atoms with Crippen LogP contribution in [0.4, 0.5) is 0 Å². The van der Waals surface area contributed by atoms with Crippen LogP contribution < -0.4 is 0 Å². The van der Waals surface area contributed by atoms with Crippen molar-refractivity contribution in [2.24, 2.45) is 0 Å². The van der Waals surface area contributed by atoms with E-state index in [0.717, 1.165) is 24.2 Å². The number of unbranched alkanes of at least 4 members (excludes halogenated alkanes) is 3. The van der Waals surface area contributed by atoms with Crippen LogP contribution >= 0.6 is 23.2 Å². The summed E-state index contributed by atoms with van der Waals surface area (Å²) in [6.07, 6.45) is 9.25. The molecule has 3 nitrogen and oxygen atoms in total. The summed E-state index contributed by atoms with van der Waals surface area (Å²) in [5.41, 5.74) is 0.643.